The summed E-state index contributed by atoms with van der Waals surface area (Å²) in [7, 11) is 0. The van der Waals surface area contributed by atoms with Gasteiger partial charge in [-0.05, 0) is 67.4 Å². The van der Waals surface area contributed by atoms with Gasteiger partial charge in [-0.3, -0.25) is 9.59 Å². The summed E-state index contributed by atoms with van der Waals surface area (Å²) in [5.74, 6) is 0.434. The van der Waals surface area contributed by atoms with Gasteiger partial charge in [0.1, 0.15) is 0 Å². The molecule has 0 bridgehead atoms. The van der Waals surface area contributed by atoms with Crippen LogP contribution in [0.25, 0.3) is 11.4 Å². The second-order valence-corrected chi connectivity index (χ2v) is 8.48. The fraction of sp³-hybridized carbons (Fsp3) is 0.250. The summed E-state index contributed by atoms with van der Waals surface area (Å²) in [6, 6.07) is 24.7. The number of aromatic nitrogens is 4. The molecular formula is C28H31N7O2. The van der Waals surface area contributed by atoms with Crippen molar-refractivity contribution in [1.29, 1.82) is 0 Å². The van der Waals surface area contributed by atoms with Crippen LogP contribution in [0.2, 0.25) is 0 Å². The minimum Gasteiger partial charge on any atom is -0.376 e. The zero-order chi connectivity index (χ0) is 26.0. The lowest BCUT2D eigenvalue weighted by atomic mass is 10.1. The Bertz CT molecular complexity index is 1300. The fourth-order valence-electron chi connectivity index (χ4n) is 3.84. The Morgan fingerprint density at radius 1 is 0.865 bits per heavy atom. The number of nitrogens with zero attached hydrogens (tertiary/aromatic N) is 5. The number of carbonyl (C=O) groups excluding carboxylic acids is 2. The van der Waals surface area contributed by atoms with E-state index in [1.54, 1.807) is 34.0 Å². The third kappa shape index (κ3) is 7.00. The molecule has 0 fully saturated rings. The van der Waals surface area contributed by atoms with E-state index in [1.807, 2.05) is 68.4 Å². The minimum absolute atomic E-state index is 0.0116. The average Bonchev–Trinajstić information content (AvgIpc) is 3.42. The molecule has 9 heteroatoms. The maximum atomic E-state index is 12.4. The van der Waals surface area contributed by atoms with Gasteiger partial charge in [-0.15, -0.1) is 10.2 Å². The van der Waals surface area contributed by atoms with Crippen LogP contribution in [0.1, 0.15) is 29.8 Å². The largest absolute Gasteiger partial charge is 0.376 e. The van der Waals surface area contributed by atoms with Crippen molar-refractivity contribution in [2.75, 3.05) is 30.3 Å². The van der Waals surface area contributed by atoms with Gasteiger partial charge in [-0.2, -0.15) is 4.80 Å². The number of tetrazole rings is 1. The molecule has 9 nitrogen and oxygen atoms in total. The molecule has 0 aliphatic carbocycles. The van der Waals surface area contributed by atoms with Crippen molar-refractivity contribution >= 4 is 23.2 Å². The van der Waals surface area contributed by atoms with Crippen molar-refractivity contribution in [1.82, 2.24) is 25.1 Å². The van der Waals surface area contributed by atoms with Crippen molar-refractivity contribution in [3.05, 3.63) is 90.0 Å². The van der Waals surface area contributed by atoms with Gasteiger partial charge in [-0.1, -0.05) is 42.5 Å². The Morgan fingerprint density at radius 2 is 1.54 bits per heavy atom. The van der Waals surface area contributed by atoms with Gasteiger partial charge in [0.2, 0.25) is 11.7 Å². The quantitative estimate of drug-likeness (QED) is 0.323. The molecule has 0 unspecified atom stereocenters. The fourth-order valence-corrected chi connectivity index (χ4v) is 3.84. The van der Waals surface area contributed by atoms with E-state index < -0.39 is 0 Å². The molecule has 0 aliphatic heterocycles. The van der Waals surface area contributed by atoms with Crippen LogP contribution in [0.4, 0.5) is 11.4 Å². The number of rotatable bonds is 11. The van der Waals surface area contributed by atoms with Gasteiger partial charge in [0.25, 0.3) is 5.91 Å². The normalized spacial score (nSPS) is 10.6. The van der Waals surface area contributed by atoms with Gasteiger partial charge in [0.05, 0.1) is 13.1 Å². The number of aryl methyl sites for hydroxylation is 2. The number of hydrogen-bond donors (Lipinski definition) is 2. The smallest absolute Gasteiger partial charge is 0.253 e. The predicted octanol–water partition coefficient (Wildman–Crippen LogP) is 4.12. The molecule has 0 aliphatic rings. The highest BCUT2D eigenvalue weighted by Crippen LogP contribution is 2.14. The lowest BCUT2D eigenvalue weighted by molar-refractivity contribution is -0.114. The molecule has 0 spiro atoms. The number of anilines is 2. The Kier molecular flexibility index (Phi) is 8.59. The molecule has 0 atom stereocenters. The highest BCUT2D eigenvalue weighted by molar-refractivity contribution is 5.96. The molecule has 0 saturated carbocycles. The standard InChI is InChI=1S/C28H31N7O2/c1-3-34(4-2)28(37)23-12-16-25(17-13-23)30-26(36)20-29-24-14-10-21(11-15-24)18-19-35-32-27(31-33-35)22-8-6-5-7-9-22/h5-17,29H,3-4,18-20H2,1-2H3,(H,30,36). The van der Waals surface area contributed by atoms with Crippen LogP contribution in [-0.4, -0.2) is 56.6 Å². The van der Waals surface area contributed by atoms with E-state index in [0.717, 1.165) is 23.2 Å². The first-order valence-corrected chi connectivity index (χ1v) is 12.4. The molecule has 1 heterocycles. The molecular weight excluding hydrogens is 466 g/mol. The van der Waals surface area contributed by atoms with Gasteiger partial charge >= 0.3 is 0 Å². The van der Waals surface area contributed by atoms with Crippen LogP contribution in [0.15, 0.2) is 78.9 Å². The Balaban J connectivity index is 1.22. The zero-order valence-corrected chi connectivity index (χ0v) is 21.1. The van der Waals surface area contributed by atoms with Crippen LogP contribution < -0.4 is 10.6 Å². The Labute approximate surface area is 216 Å². The molecule has 1 aromatic heterocycles. The monoisotopic (exact) mass is 497 g/mol. The second kappa shape index (κ2) is 12.4. The molecule has 4 rings (SSSR count). The highest BCUT2D eigenvalue weighted by Gasteiger charge is 2.12. The third-order valence-corrected chi connectivity index (χ3v) is 5.96. The summed E-state index contributed by atoms with van der Waals surface area (Å²) in [5, 5.41) is 18.7. The SMILES string of the molecule is CCN(CC)C(=O)c1ccc(NC(=O)CNc2ccc(CCn3nnc(-c4ccccc4)n3)cc2)cc1. The van der Waals surface area contributed by atoms with Crippen molar-refractivity contribution in [2.24, 2.45) is 0 Å². The maximum absolute atomic E-state index is 12.4. The lowest BCUT2D eigenvalue weighted by Crippen LogP contribution is -2.30. The number of benzene rings is 3. The van der Waals surface area contributed by atoms with Crippen LogP contribution in [0, 0.1) is 0 Å². The number of carbonyl (C=O) groups is 2. The van der Waals surface area contributed by atoms with Crippen molar-refractivity contribution in [3.63, 3.8) is 0 Å². The highest BCUT2D eigenvalue weighted by atomic mass is 16.2. The predicted molar refractivity (Wildman–Crippen MR) is 144 cm³/mol. The van der Waals surface area contributed by atoms with Gasteiger partial charge < -0.3 is 15.5 Å². The first-order valence-electron chi connectivity index (χ1n) is 12.4. The van der Waals surface area contributed by atoms with Crippen LogP contribution in [0.3, 0.4) is 0 Å². The Morgan fingerprint density at radius 3 is 2.22 bits per heavy atom. The average molecular weight is 498 g/mol. The third-order valence-electron chi connectivity index (χ3n) is 5.96. The number of nitrogens with one attached hydrogen (secondary N) is 2. The topological polar surface area (TPSA) is 105 Å². The summed E-state index contributed by atoms with van der Waals surface area (Å²) < 4.78 is 0. The summed E-state index contributed by atoms with van der Waals surface area (Å²) in [4.78, 5) is 28.1. The number of amides is 2. The van der Waals surface area contributed by atoms with Crippen LogP contribution >= 0.6 is 0 Å². The van der Waals surface area contributed by atoms with Gasteiger partial charge in [0, 0.05) is 35.6 Å². The van der Waals surface area contributed by atoms with Crippen LogP contribution in [0.5, 0.6) is 0 Å². The van der Waals surface area contributed by atoms with Gasteiger partial charge in [0.15, 0.2) is 0 Å². The summed E-state index contributed by atoms with van der Waals surface area (Å²) in [6.45, 7) is 5.98. The Hall–Kier alpha value is -4.53. The summed E-state index contributed by atoms with van der Waals surface area (Å²) in [5.41, 5.74) is 4.18. The van der Waals surface area contributed by atoms with E-state index in [4.69, 9.17) is 0 Å². The molecule has 4 aromatic rings. The van der Waals surface area contributed by atoms with Crippen molar-refractivity contribution < 1.29 is 9.59 Å². The van der Waals surface area contributed by atoms with Crippen molar-refractivity contribution in [2.45, 2.75) is 26.8 Å². The maximum Gasteiger partial charge on any atom is 0.253 e. The first-order chi connectivity index (χ1) is 18.1. The van der Waals surface area contributed by atoms with Crippen molar-refractivity contribution in [3.8, 4) is 11.4 Å². The second-order valence-electron chi connectivity index (χ2n) is 8.48. The molecule has 3 aromatic carbocycles. The molecule has 2 amide bonds. The number of hydrogen-bond acceptors (Lipinski definition) is 6. The van der Waals surface area contributed by atoms with Crippen LogP contribution in [-0.2, 0) is 17.8 Å². The minimum atomic E-state index is -0.168. The van der Waals surface area contributed by atoms with E-state index in [2.05, 4.69) is 26.0 Å². The molecule has 2 N–H and O–H groups in total. The zero-order valence-electron chi connectivity index (χ0n) is 21.1. The molecule has 0 saturated heterocycles. The van der Waals surface area contributed by atoms with Gasteiger partial charge in [-0.25, -0.2) is 0 Å². The molecule has 0 radical (unpaired) electrons. The first kappa shape index (κ1) is 25.6. The van der Waals surface area contributed by atoms with E-state index in [9.17, 15) is 9.59 Å². The molecule has 190 valence electrons. The summed E-state index contributed by atoms with van der Waals surface area (Å²) >= 11 is 0. The lowest BCUT2D eigenvalue weighted by Gasteiger charge is -2.18. The summed E-state index contributed by atoms with van der Waals surface area (Å²) in [6.07, 6.45) is 0.762. The van der Waals surface area contributed by atoms with E-state index >= 15 is 0 Å². The molecule has 37 heavy (non-hydrogen) atoms. The van der Waals surface area contributed by atoms with E-state index in [-0.39, 0.29) is 18.4 Å². The van der Waals surface area contributed by atoms with E-state index in [1.165, 1.54) is 0 Å². The van der Waals surface area contributed by atoms with E-state index in [0.29, 0.717) is 36.7 Å².